The standard InChI is InChI=1S/C26H28F3N7O2/c27-26(28,29)19-2-1-3-21(18-19)32-25(37)36-12-10-35(11-13-36)23-8-9-30-24(33-23)31-20-4-6-22(7-5-20)34-14-16-38-17-15-34/h1-9,18H,10-17H2,(H,32,37)(H,30,31,33). The van der Waals surface area contributed by atoms with Gasteiger partial charge in [-0.2, -0.15) is 18.2 Å². The summed E-state index contributed by atoms with van der Waals surface area (Å²) in [6.45, 7) is 5.07. The Morgan fingerprint density at radius 3 is 2.32 bits per heavy atom. The summed E-state index contributed by atoms with van der Waals surface area (Å²) in [6.07, 6.45) is -2.79. The van der Waals surface area contributed by atoms with E-state index in [1.807, 2.05) is 23.1 Å². The Morgan fingerprint density at radius 2 is 1.61 bits per heavy atom. The molecule has 2 fully saturated rings. The number of morpholine rings is 1. The molecule has 200 valence electrons. The van der Waals surface area contributed by atoms with Crippen molar-refractivity contribution in [3.05, 3.63) is 66.4 Å². The number of anilines is 5. The molecule has 0 unspecified atom stereocenters. The van der Waals surface area contributed by atoms with E-state index in [1.54, 1.807) is 11.1 Å². The topological polar surface area (TPSA) is 85.9 Å². The summed E-state index contributed by atoms with van der Waals surface area (Å²) >= 11 is 0. The molecule has 1 aromatic heterocycles. The van der Waals surface area contributed by atoms with Crippen molar-refractivity contribution in [3.63, 3.8) is 0 Å². The number of carbonyl (C=O) groups is 1. The summed E-state index contributed by atoms with van der Waals surface area (Å²) in [7, 11) is 0. The third-order valence-electron chi connectivity index (χ3n) is 6.47. The number of hydrogen-bond donors (Lipinski definition) is 2. The van der Waals surface area contributed by atoms with Crippen LogP contribution in [0.3, 0.4) is 0 Å². The minimum atomic E-state index is -4.47. The van der Waals surface area contributed by atoms with Crippen molar-refractivity contribution in [2.75, 3.05) is 72.9 Å². The molecule has 2 saturated heterocycles. The van der Waals surface area contributed by atoms with Gasteiger partial charge in [-0.25, -0.2) is 9.78 Å². The number of nitrogens with one attached hydrogen (secondary N) is 2. The second-order valence-corrected chi connectivity index (χ2v) is 8.99. The lowest BCUT2D eigenvalue weighted by Crippen LogP contribution is -2.50. The number of hydrogen-bond acceptors (Lipinski definition) is 7. The molecule has 2 aromatic carbocycles. The smallest absolute Gasteiger partial charge is 0.378 e. The molecule has 0 saturated carbocycles. The van der Waals surface area contributed by atoms with E-state index in [0.29, 0.717) is 32.1 Å². The predicted molar refractivity (Wildman–Crippen MR) is 139 cm³/mol. The molecule has 5 rings (SSSR count). The fourth-order valence-corrected chi connectivity index (χ4v) is 4.41. The van der Waals surface area contributed by atoms with Crippen molar-refractivity contribution in [1.82, 2.24) is 14.9 Å². The number of urea groups is 1. The largest absolute Gasteiger partial charge is 0.416 e. The number of piperazine rings is 1. The molecular formula is C26H28F3N7O2. The van der Waals surface area contributed by atoms with Crippen LogP contribution in [0.15, 0.2) is 60.8 Å². The maximum absolute atomic E-state index is 13.0. The van der Waals surface area contributed by atoms with E-state index in [-0.39, 0.29) is 5.69 Å². The summed E-state index contributed by atoms with van der Waals surface area (Å²) in [4.78, 5) is 27.5. The minimum Gasteiger partial charge on any atom is -0.378 e. The molecular weight excluding hydrogens is 499 g/mol. The van der Waals surface area contributed by atoms with Gasteiger partial charge in [-0.1, -0.05) is 6.07 Å². The molecule has 0 bridgehead atoms. The predicted octanol–water partition coefficient (Wildman–Crippen LogP) is 4.43. The van der Waals surface area contributed by atoms with Gasteiger partial charge >= 0.3 is 12.2 Å². The van der Waals surface area contributed by atoms with Crippen LogP contribution in [0.4, 0.5) is 46.8 Å². The molecule has 0 aliphatic carbocycles. The van der Waals surface area contributed by atoms with Gasteiger partial charge in [0.2, 0.25) is 5.95 Å². The summed E-state index contributed by atoms with van der Waals surface area (Å²) in [5.41, 5.74) is 1.32. The highest BCUT2D eigenvalue weighted by Gasteiger charge is 2.31. The Hall–Kier alpha value is -4.06. The zero-order chi connectivity index (χ0) is 26.5. The summed E-state index contributed by atoms with van der Waals surface area (Å²) < 4.78 is 44.3. The molecule has 0 radical (unpaired) electrons. The van der Waals surface area contributed by atoms with Gasteiger partial charge in [0.05, 0.1) is 18.8 Å². The van der Waals surface area contributed by atoms with Crippen LogP contribution in [-0.4, -0.2) is 73.4 Å². The normalized spacial score (nSPS) is 16.3. The van der Waals surface area contributed by atoms with Gasteiger partial charge in [-0.05, 0) is 48.5 Å². The Morgan fingerprint density at radius 1 is 0.868 bits per heavy atom. The van der Waals surface area contributed by atoms with Crippen molar-refractivity contribution < 1.29 is 22.7 Å². The molecule has 3 heterocycles. The molecule has 0 atom stereocenters. The van der Waals surface area contributed by atoms with E-state index < -0.39 is 17.8 Å². The molecule has 2 aliphatic heterocycles. The van der Waals surface area contributed by atoms with E-state index in [2.05, 4.69) is 37.6 Å². The molecule has 9 nitrogen and oxygen atoms in total. The van der Waals surface area contributed by atoms with Crippen LogP contribution in [0, 0.1) is 0 Å². The van der Waals surface area contributed by atoms with Crippen LogP contribution in [0.5, 0.6) is 0 Å². The first-order valence-corrected chi connectivity index (χ1v) is 12.4. The summed E-state index contributed by atoms with van der Waals surface area (Å²) in [6, 6.07) is 14.1. The van der Waals surface area contributed by atoms with Crippen LogP contribution in [0.2, 0.25) is 0 Å². The van der Waals surface area contributed by atoms with E-state index in [9.17, 15) is 18.0 Å². The van der Waals surface area contributed by atoms with Crippen molar-refractivity contribution >= 4 is 34.9 Å². The number of halogens is 3. The Kier molecular flexibility index (Phi) is 7.50. The van der Waals surface area contributed by atoms with Crippen LogP contribution in [0.1, 0.15) is 5.56 Å². The number of nitrogens with zero attached hydrogens (tertiary/aromatic N) is 5. The highest BCUT2D eigenvalue weighted by Crippen LogP contribution is 2.31. The van der Waals surface area contributed by atoms with Gasteiger partial charge in [0.15, 0.2) is 0 Å². The van der Waals surface area contributed by atoms with Crippen molar-refractivity contribution in [2.45, 2.75) is 6.18 Å². The third-order valence-corrected chi connectivity index (χ3v) is 6.47. The van der Waals surface area contributed by atoms with Gasteiger partial charge in [0.1, 0.15) is 5.82 Å². The third kappa shape index (κ3) is 6.25. The highest BCUT2D eigenvalue weighted by molar-refractivity contribution is 5.89. The summed E-state index contributed by atoms with van der Waals surface area (Å²) in [5.74, 6) is 1.19. The molecule has 12 heteroatoms. The zero-order valence-electron chi connectivity index (χ0n) is 20.6. The molecule has 38 heavy (non-hydrogen) atoms. The first kappa shape index (κ1) is 25.6. The Balaban J connectivity index is 1.15. The van der Waals surface area contributed by atoms with Gasteiger partial charge in [-0.3, -0.25) is 0 Å². The number of rotatable bonds is 5. The number of alkyl halides is 3. The SMILES string of the molecule is O=C(Nc1cccc(C(F)(F)F)c1)N1CCN(c2ccnc(Nc3ccc(N4CCOCC4)cc3)n2)CC1. The minimum absolute atomic E-state index is 0.108. The quantitative estimate of drug-likeness (QED) is 0.508. The fraction of sp³-hybridized carbons (Fsp3) is 0.346. The molecule has 3 aromatic rings. The van der Waals surface area contributed by atoms with Gasteiger partial charge < -0.3 is 30.1 Å². The second kappa shape index (κ2) is 11.1. The van der Waals surface area contributed by atoms with Crippen LogP contribution in [0.25, 0.3) is 0 Å². The van der Waals surface area contributed by atoms with E-state index in [1.165, 1.54) is 12.1 Å². The van der Waals surface area contributed by atoms with Gasteiger partial charge in [-0.15, -0.1) is 0 Å². The number of amides is 2. The van der Waals surface area contributed by atoms with Gasteiger partial charge in [0.25, 0.3) is 0 Å². The second-order valence-electron chi connectivity index (χ2n) is 8.99. The lowest BCUT2D eigenvalue weighted by Gasteiger charge is -2.35. The van der Waals surface area contributed by atoms with Gasteiger partial charge in [0, 0.05) is 62.5 Å². The average molecular weight is 528 g/mol. The van der Waals surface area contributed by atoms with E-state index in [4.69, 9.17) is 4.74 Å². The first-order chi connectivity index (χ1) is 18.3. The maximum atomic E-state index is 13.0. The van der Waals surface area contributed by atoms with Crippen LogP contribution in [-0.2, 0) is 10.9 Å². The molecule has 2 amide bonds. The fourth-order valence-electron chi connectivity index (χ4n) is 4.41. The lowest BCUT2D eigenvalue weighted by atomic mass is 10.2. The lowest BCUT2D eigenvalue weighted by molar-refractivity contribution is -0.137. The van der Waals surface area contributed by atoms with Crippen molar-refractivity contribution in [2.24, 2.45) is 0 Å². The summed E-state index contributed by atoms with van der Waals surface area (Å²) in [5, 5.41) is 5.80. The highest BCUT2D eigenvalue weighted by atomic mass is 19.4. The Labute approximate surface area is 218 Å². The zero-order valence-corrected chi connectivity index (χ0v) is 20.6. The first-order valence-electron chi connectivity index (χ1n) is 12.4. The van der Waals surface area contributed by atoms with Crippen molar-refractivity contribution in [3.8, 4) is 0 Å². The molecule has 2 aliphatic rings. The number of benzene rings is 2. The number of carbonyl (C=O) groups excluding carboxylic acids is 1. The monoisotopic (exact) mass is 527 g/mol. The van der Waals surface area contributed by atoms with Crippen LogP contribution >= 0.6 is 0 Å². The number of aromatic nitrogens is 2. The van der Waals surface area contributed by atoms with Crippen LogP contribution < -0.4 is 20.4 Å². The number of ether oxygens (including phenoxy) is 1. The van der Waals surface area contributed by atoms with E-state index in [0.717, 1.165) is 55.6 Å². The molecule has 0 spiro atoms. The molecule has 2 N–H and O–H groups in total. The maximum Gasteiger partial charge on any atom is 0.416 e. The Bertz CT molecular complexity index is 1240. The average Bonchev–Trinajstić information content (AvgIpc) is 2.94. The van der Waals surface area contributed by atoms with E-state index >= 15 is 0 Å². The van der Waals surface area contributed by atoms with Crippen molar-refractivity contribution in [1.29, 1.82) is 0 Å².